The third-order valence-corrected chi connectivity index (χ3v) is 6.70. The lowest BCUT2D eigenvalue weighted by Gasteiger charge is -2.41. The van der Waals surface area contributed by atoms with E-state index in [4.69, 9.17) is 0 Å². The number of hydrogen-bond donors (Lipinski definition) is 0. The summed E-state index contributed by atoms with van der Waals surface area (Å²) in [6.07, 6.45) is 6.05. The van der Waals surface area contributed by atoms with E-state index in [1.165, 1.54) is 61.9 Å². The zero-order chi connectivity index (χ0) is 14.2. The molecule has 1 aliphatic heterocycles. The summed E-state index contributed by atoms with van der Waals surface area (Å²) in [4.78, 5) is 5.42. The molecule has 3 atom stereocenters. The highest BCUT2D eigenvalue weighted by Gasteiger charge is 2.42. The van der Waals surface area contributed by atoms with E-state index in [9.17, 15) is 0 Å². The van der Waals surface area contributed by atoms with Crippen LogP contribution in [-0.2, 0) is 6.54 Å². The van der Waals surface area contributed by atoms with Crippen molar-refractivity contribution in [2.75, 3.05) is 26.2 Å². The predicted molar refractivity (Wildman–Crippen MR) is 90.2 cm³/mol. The number of halogens is 1. The van der Waals surface area contributed by atoms with Crippen LogP contribution in [0.5, 0.6) is 0 Å². The number of nitrogens with zero attached hydrogens (tertiary/aromatic N) is 2. The maximum Gasteiger partial charge on any atom is 0.0246 e. The Bertz CT molecular complexity index is 496. The molecule has 3 fully saturated rings. The second-order valence-corrected chi connectivity index (χ2v) is 8.00. The van der Waals surface area contributed by atoms with Gasteiger partial charge in [0, 0.05) is 43.2 Å². The second-order valence-electron chi connectivity index (χ2n) is 7.15. The third kappa shape index (κ3) is 2.93. The molecule has 3 aliphatic rings. The van der Waals surface area contributed by atoms with Crippen LogP contribution < -0.4 is 0 Å². The third-order valence-electron chi connectivity index (χ3n) is 5.93. The van der Waals surface area contributed by atoms with Crippen LogP contribution in [0.3, 0.4) is 0 Å². The van der Waals surface area contributed by atoms with E-state index < -0.39 is 0 Å². The Morgan fingerprint density at radius 3 is 2.48 bits per heavy atom. The number of fused-ring (bicyclic) bond motifs is 2. The summed E-state index contributed by atoms with van der Waals surface area (Å²) < 4.78 is 1.25. The average molecular weight is 349 g/mol. The number of benzene rings is 1. The fraction of sp³-hybridized carbons (Fsp3) is 0.667. The van der Waals surface area contributed by atoms with Gasteiger partial charge in [-0.15, -0.1) is 0 Å². The normalized spacial score (nSPS) is 33.7. The Morgan fingerprint density at radius 2 is 1.81 bits per heavy atom. The fourth-order valence-electron chi connectivity index (χ4n) is 4.78. The number of rotatable bonds is 3. The van der Waals surface area contributed by atoms with Crippen molar-refractivity contribution in [3.05, 3.63) is 34.3 Å². The predicted octanol–water partition coefficient (Wildman–Crippen LogP) is 3.76. The van der Waals surface area contributed by atoms with E-state index in [0.717, 1.165) is 24.4 Å². The standard InChI is InChI=1S/C18H25BrN2/c19-17-4-2-1-3-16(17)13-20-7-9-21(10-8-20)18-12-14-5-6-15(18)11-14/h1-4,14-15,18H,5-13H2. The van der Waals surface area contributed by atoms with E-state index in [2.05, 4.69) is 50.0 Å². The molecule has 0 spiro atoms. The van der Waals surface area contributed by atoms with Gasteiger partial charge in [-0.25, -0.2) is 0 Å². The van der Waals surface area contributed by atoms with Crippen molar-refractivity contribution in [1.29, 1.82) is 0 Å². The van der Waals surface area contributed by atoms with Gasteiger partial charge in [0.05, 0.1) is 0 Å². The molecular weight excluding hydrogens is 324 g/mol. The topological polar surface area (TPSA) is 6.48 Å². The smallest absolute Gasteiger partial charge is 0.0246 e. The summed E-state index contributed by atoms with van der Waals surface area (Å²) >= 11 is 3.67. The van der Waals surface area contributed by atoms with Crippen LogP contribution in [0, 0.1) is 11.8 Å². The van der Waals surface area contributed by atoms with Crippen molar-refractivity contribution >= 4 is 15.9 Å². The number of hydrogen-bond acceptors (Lipinski definition) is 2. The van der Waals surface area contributed by atoms with Crippen molar-refractivity contribution in [2.45, 2.75) is 38.3 Å². The molecule has 114 valence electrons. The molecule has 2 saturated carbocycles. The summed E-state index contributed by atoms with van der Waals surface area (Å²) in [5, 5.41) is 0. The fourth-order valence-corrected chi connectivity index (χ4v) is 5.19. The van der Waals surface area contributed by atoms with Crippen LogP contribution in [0.1, 0.15) is 31.2 Å². The summed E-state index contributed by atoms with van der Waals surface area (Å²) in [5.74, 6) is 2.10. The summed E-state index contributed by atoms with van der Waals surface area (Å²) in [5.41, 5.74) is 1.42. The molecule has 0 aromatic heterocycles. The summed E-state index contributed by atoms with van der Waals surface area (Å²) in [7, 11) is 0. The molecule has 2 aliphatic carbocycles. The van der Waals surface area contributed by atoms with Gasteiger partial charge in [0.2, 0.25) is 0 Å². The molecule has 1 aromatic carbocycles. The highest BCUT2D eigenvalue weighted by atomic mass is 79.9. The van der Waals surface area contributed by atoms with E-state index in [0.29, 0.717) is 0 Å². The molecule has 2 bridgehead atoms. The molecule has 21 heavy (non-hydrogen) atoms. The lowest BCUT2D eigenvalue weighted by molar-refractivity contribution is 0.0679. The highest BCUT2D eigenvalue weighted by Crippen LogP contribution is 2.46. The minimum atomic E-state index is 0.925. The first-order valence-electron chi connectivity index (χ1n) is 8.49. The molecule has 2 nitrogen and oxygen atoms in total. The maximum absolute atomic E-state index is 3.67. The molecule has 0 radical (unpaired) electrons. The largest absolute Gasteiger partial charge is 0.298 e. The van der Waals surface area contributed by atoms with E-state index in [1.54, 1.807) is 0 Å². The van der Waals surface area contributed by atoms with Crippen LogP contribution >= 0.6 is 15.9 Å². The van der Waals surface area contributed by atoms with Crippen LogP contribution in [0.25, 0.3) is 0 Å². The molecular formula is C18H25BrN2. The van der Waals surface area contributed by atoms with Crippen LogP contribution in [0.15, 0.2) is 28.7 Å². The molecule has 1 aromatic rings. The minimum Gasteiger partial charge on any atom is -0.298 e. The van der Waals surface area contributed by atoms with Gasteiger partial charge in [-0.05, 0) is 42.7 Å². The first kappa shape index (κ1) is 14.2. The Hall–Kier alpha value is -0.380. The quantitative estimate of drug-likeness (QED) is 0.820. The zero-order valence-corrected chi connectivity index (χ0v) is 14.3. The Balaban J connectivity index is 1.32. The van der Waals surface area contributed by atoms with Gasteiger partial charge < -0.3 is 0 Å². The van der Waals surface area contributed by atoms with E-state index in [1.807, 2.05) is 0 Å². The molecule has 3 heteroatoms. The molecule has 0 amide bonds. The Labute approximate surface area is 136 Å². The van der Waals surface area contributed by atoms with Crippen LogP contribution in [-0.4, -0.2) is 42.0 Å². The van der Waals surface area contributed by atoms with Gasteiger partial charge in [0.1, 0.15) is 0 Å². The average Bonchev–Trinajstić information content (AvgIpc) is 3.13. The van der Waals surface area contributed by atoms with Gasteiger partial charge in [-0.1, -0.05) is 40.5 Å². The van der Waals surface area contributed by atoms with Gasteiger partial charge in [0.25, 0.3) is 0 Å². The molecule has 1 saturated heterocycles. The Morgan fingerprint density at radius 1 is 1.00 bits per heavy atom. The first-order valence-corrected chi connectivity index (χ1v) is 9.29. The molecule has 3 unspecified atom stereocenters. The van der Waals surface area contributed by atoms with E-state index in [-0.39, 0.29) is 0 Å². The lowest BCUT2D eigenvalue weighted by Crippen LogP contribution is -2.51. The lowest BCUT2D eigenvalue weighted by atomic mass is 9.93. The monoisotopic (exact) mass is 348 g/mol. The second kappa shape index (κ2) is 6.02. The van der Waals surface area contributed by atoms with Gasteiger partial charge in [0.15, 0.2) is 0 Å². The minimum absolute atomic E-state index is 0.925. The highest BCUT2D eigenvalue weighted by molar-refractivity contribution is 9.10. The Kier molecular flexibility index (Phi) is 4.08. The number of piperazine rings is 1. The van der Waals surface area contributed by atoms with Crippen molar-refractivity contribution in [3.63, 3.8) is 0 Å². The molecule has 4 rings (SSSR count). The van der Waals surface area contributed by atoms with Crippen LogP contribution in [0.4, 0.5) is 0 Å². The van der Waals surface area contributed by atoms with Gasteiger partial charge in [-0.2, -0.15) is 0 Å². The van der Waals surface area contributed by atoms with Crippen molar-refractivity contribution in [2.24, 2.45) is 11.8 Å². The van der Waals surface area contributed by atoms with Crippen molar-refractivity contribution in [1.82, 2.24) is 9.80 Å². The summed E-state index contributed by atoms with van der Waals surface area (Å²) in [6.45, 7) is 6.10. The summed E-state index contributed by atoms with van der Waals surface area (Å²) in [6, 6.07) is 9.56. The molecule has 1 heterocycles. The van der Waals surface area contributed by atoms with Crippen LogP contribution in [0.2, 0.25) is 0 Å². The first-order chi connectivity index (χ1) is 10.3. The van der Waals surface area contributed by atoms with Gasteiger partial charge in [-0.3, -0.25) is 9.80 Å². The van der Waals surface area contributed by atoms with E-state index >= 15 is 0 Å². The zero-order valence-electron chi connectivity index (χ0n) is 12.7. The molecule has 0 N–H and O–H groups in total. The maximum atomic E-state index is 3.67. The van der Waals surface area contributed by atoms with Gasteiger partial charge >= 0.3 is 0 Å². The SMILES string of the molecule is Brc1ccccc1CN1CCN(C2CC3CCC2C3)CC1. The van der Waals surface area contributed by atoms with Crippen molar-refractivity contribution in [3.8, 4) is 0 Å². The van der Waals surface area contributed by atoms with Crippen molar-refractivity contribution < 1.29 is 0 Å².